The van der Waals surface area contributed by atoms with E-state index in [-0.39, 0.29) is 18.4 Å². The molecular weight excluding hydrogens is 210 g/mol. The smallest absolute Gasteiger partial charge is 0.337 e. The molecule has 94 valence electrons. The zero-order chi connectivity index (χ0) is 12.7. The predicted octanol–water partition coefficient (Wildman–Crippen LogP) is 0.461. The van der Waals surface area contributed by atoms with Crippen LogP contribution in [0.3, 0.4) is 0 Å². The molecule has 2 atom stereocenters. The zero-order valence-corrected chi connectivity index (χ0v) is 10.3. The highest BCUT2D eigenvalue weighted by Gasteiger charge is 2.28. The molecule has 0 fully saturated rings. The van der Waals surface area contributed by atoms with Gasteiger partial charge < -0.3 is 15.2 Å². The van der Waals surface area contributed by atoms with Crippen molar-refractivity contribution < 1.29 is 19.4 Å². The van der Waals surface area contributed by atoms with Crippen LogP contribution in [0.4, 0.5) is 0 Å². The lowest BCUT2D eigenvalue weighted by molar-refractivity contribution is -0.155. The summed E-state index contributed by atoms with van der Waals surface area (Å²) in [5.74, 6) is -0.697. The number of hydrogen-bond acceptors (Lipinski definition) is 4. The number of ether oxygens (including phenoxy) is 1. The molecule has 0 spiro atoms. The molecule has 2 N–H and O–H groups in total. The molecule has 0 saturated heterocycles. The van der Waals surface area contributed by atoms with E-state index in [1.54, 1.807) is 6.92 Å². The summed E-state index contributed by atoms with van der Waals surface area (Å²) in [6.45, 7) is 7.13. The van der Waals surface area contributed by atoms with Gasteiger partial charge >= 0.3 is 5.97 Å². The third-order valence-electron chi connectivity index (χ3n) is 2.02. The Bertz CT molecular complexity index is 240. The summed E-state index contributed by atoms with van der Waals surface area (Å²) in [7, 11) is 0. The van der Waals surface area contributed by atoms with Crippen molar-refractivity contribution in [2.45, 2.75) is 46.3 Å². The molecule has 0 rings (SSSR count). The van der Waals surface area contributed by atoms with Gasteiger partial charge in [0.2, 0.25) is 5.91 Å². The van der Waals surface area contributed by atoms with Crippen molar-refractivity contribution in [1.29, 1.82) is 0 Å². The lowest BCUT2D eigenvalue weighted by atomic mass is 9.99. The molecular formula is C11H21NO4. The summed E-state index contributed by atoms with van der Waals surface area (Å²) in [5, 5.41) is 12.3. The molecule has 0 aliphatic carbocycles. The molecule has 5 nitrogen and oxygen atoms in total. The van der Waals surface area contributed by atoms with Crippen LogP contribution in [0.15, 0.2) is 0 Å². The van der Waals surface area contributed by atoms with E-state index in [1.807, 2.05) is 13.8 Å². The van der Waals surface area contributed by atoms with Gasteiger partial charge in [0.05, 0.1) is 12.6 Å². The van der Waals surface area contributed by atoms with Crippen molar-refractivity contribution in [1.82, 2.24) is 5.32 Å². The molecule has 0 bridgehead atoms. The largest absolute Gasteiger partial charge is 0.464 e. The second kappa shape index (κ2) is 7.22. The number of carbonyl (C=O) groups is 2. The third-order valence-corrected chi connectivity index (χ3v) is 2.02. The summed E-state index contributed by atoms with van der Waals surface area (Å²) < 4.78 is 4.71. The molecule has 0 aromatic rings. The van der Waals surface area contributed by atoms with Crippen LogP contribution in [-0.4, -0.2) is 35.7 Å². The number of amides is 1. The molecule has 0 aliphatic rings. The first-order chi connectivity index (χ1) is 7.38. The average Bonchev–Trinajstić information content (AvgIpc) is 2.14. The first-order valence-corrected chi connectivity index (χ1v) is 5.50. The average molecular weight is 231 g/mol. The van der Waals surface area contributed by atoms with Gasteiger partial charge in [0, 0.05) is 6.92 Å². The van der Waals surface area contributed by atoms with Crippen molar-refractivity contribution in [2.24, 2.45) is 5.92 Å². The van der Waals surface area contributed by atoms with Gasteiger partial charge in [0.1, 0.15) is 0 Å². The highest BCUT2D eigenvalue weighted by molar-refractivity contribution is 5.78. The van der Waals surface area contributed by atoms with Crippen molar-refractivity contribution in [3.63, 3.8) is 0 Å². The molecule has 0 heterocycles. The van der Waals surface area contributed by atoms with Crippen LogP contribution < -0.4 is 5.32 Å². The van der Waals surface area contributed by atoms with Crippen LogP contribution >= 0.6 is 0 Å². The fourth-order valence-electron chi connectivity index (χ4n) is 1.43. The van der Waals surface area contributed by atoms with Crippen molar-refractivity contribution in [3.8, 4) is 0 Å². The Labute approximate surface area is 96.2 Å². The summed E-state index contributed by atoms with van der Waals surface area (Å²) >= 11 is 0. The lowest BCUT2D eigenvalue weighted by Crippen LogP contribution is -2.47. The van der Waals surface area contributed by atoms with Crippen LogP contribution in [0.5, 0.6) is 0 Å². The number of esters is 1. The second-order valence-electron chi connectivity index (χ2n) is 4.13. The Morgan fingerprint density at radius 3 is 2.31 bits per heavy atom. The molecule has 0 radical (unpaired) electrons. The molecule has 0 aromatic carbocycles. The fraction of sp³-hybridized carbons (Fsp3) is 0.818. The minimum Gasteiger partial charge on any atom is -0.464 e. The van der Waals surface area contributed by atoms with Crippen molar-refractivity contribution in [2.75, 3.05) is 6.61 Å². The number of aliphatic hydroxyl groups is 1. The minimum atomic E-state index is -1.30. The van der Waals surface area contributed by atoms with E-state index < -0.39 is 18.1 Å². The third kappa shape index (κ3) is 5.70. The molecule has 0 aliphatic heterocycles. The number of rotatable bonds is 6. The Kier molecular flexibility index (Phi) is 6.72. The van der Waals surface area contributed by atoms with E-state index in [9.17, 15) is 14.7 Å². The lowest BCUT2D eigenvalue weighted by Gasteiger charge is -2.23. The molecule has 1 amide bonds. The Hall–Kier alpha value is -1.10. The highest BCUT2D eigenvalue weighted by Crippen LogP contribution is 2.09. The second-order valence-corrected chi connectivity index (χ2v) is 4.13. The van der Waals surface area contributed by atoms with Gasteiger partial charge in [-0.3, -0.25) is 4.79 Å². The summed E-state index contributed by atoms with van der Waals surface area (Å²) in [6.07, 6.45) is -0.772. The quantitative estimate of drug-likeness (QED) is 0.651. The predicted molar refractivity (Wildman–Crippen MR) is 59.7 cm³/mol. The van der Waals surface area contributed by atoms with Gasteiger partial charge in [-0.25, -0.2) is 4.79 Å². The van der Waals surface area contributed by atoms with Gasteiger partial charge in [-0.2, -0.15) is 0 Å². The van der Waals surface area contributed by atoms with Gasteiger partial charge in [-0.1, -0.05) is 13.8 Å². The first-order valence-electron chi connectivity index (χ1n) is 5.50. The molecule has 0 saturated carbocycles. The number of nitrogens with one attached hydrogen (secondary N) is 1. The maximum atomic E-state index is 11.3. The van der Waals surface area contributed by atoms with E-state index in [0.29, 0.717) is 6.42 Å². The Morgan fingerprint density at radius 2 is 1.94 bits per heavy atom. The monoisotopic (exact) mass is 231 g/mol. The van der Waals surface area contributed by atoms with E-state index in [0.717, 1.165) is 0 Å². The van der Waals surface area contributed by atoms with E-state index >= 15 is 0 Å². The van der Waals surface area contributed by atoms with Crippen molar-refractivity contribution >= 4 is 11.9 Å². The zero-order valence-electron chi connectivity index (χ0n) is 10.3. The van der Waals surface area contributed by atoms with Crippen molar-refractivity contribution in [3.05, 3.63) is 0 Å². The Balaban J connectivity index is 4.47. The molecule has 16 heavy (non-hydrogen) atoms. The summed E-state index contributed by atoms with van der Waals surface area (Å²) in [6, 6.07) is -0.587. The van der Waals surface area contributed by atoms with Crippen LogP contribution in [0.2, 0.25) is 0 Å². The fourth-order valence-corrected chi connectivity index (χ4v) is 1.43. The van der Waals surface area contributed by atoms with Gasteiger partial charge in [-0.15, -0.1) is 0 Å². The highest BCUT2D eigenvalue weighted by atomic mass is 16.5. The minimum absolute atomic E-state index is 0.213. The SMILES string of the molecule is CCOC(=O)[C@H](O)[C@H](CC(C)C)NC(C)=O. The number of aliphatic hydroxyl groups excluding tert-OH is 1. The summed E-state index contributed by atoms with van der Waals surface area (Å²) in [5.41, 5.74) is 0. The van der Waals surface area contributed by atoms with Crippen LogP contribution in [0.25, 0.3) is 0 Å². The van der Waals surface area contributed by atoms with Gasteiger partial charge in [-0.05, 0) is 19.3 Å². The van der Waals surface area contributed by atoms with E-state index in [1.165, 1.54) is 6.92 Å². The van der Waals surface area contributed by atoms with Gasteiger partial charge in [0.25, 0.3) is 0 Å². The van der Waals surface area contributed by atoms with Crippen LogP contribution in [-0.2, 0) is 14.3 Å². The van der Waals surface area contributed by atoms with E-state index in [2.05, 4.69) is 5.32 Å². The maximum absolute atomic E-state index is 11.3. The standard InChI is InChI=1S/C11H21NO4/c1-5-16-11(15)10(14)9(6-7(2)3)12-8(4)13/h7,9-10,14H,5-6H2,1-4H3,(H,12,13)/t9-,10+/m0/s1. The molecule has 0 aromatic heterocycles. The van der Waals surface area contributed by atoms with Crippen LogP contribution in [0, 0.1) is 5.92 Å². The number of carbonyl (C=O) groups excluding carboxylic acids is 2. The summed E-state index contributed by atoms with van der Waals surface area (Å²) in [4.78, 5) is 22.3. The molecule has 0 unspecified atom stereocenters. The van der Waals surface area contributed by atoms with E-state index in [4.69, 9.17) is 4.74 Å². The van der Waals surface area contributed by atoms with Crippen LogP contribution in [0.1, 0.15) is 34.1 Å². The topological polar surface area (TPSA) is 75.6 Å². The maximum Gasteiger partial charge on any atom is 0.337 e. The number of hydrogen-bond donors (Lipinski definition) is 2. The first kappa shape index (κ1) is 14.9. The molecule has 5 heteroatoms. The Morgan fingerprint density at radius 1 is 1.38 bits per heavy atom. The van der Waals surface area contributed by atoms with Gasteiger partial charge in [0.15, 0.2) is 6.10 Å². The normalized spacial score (nSPS) is 14.4.